The van der Waals surface area contributed by atoms with E-state index in [2.05, 4.69) is 5.32 Å². The number of carbonyl (C=O) groups is 2. The Labute approximate surface area is 240 Å². The third-order valence-corrected chi connectivity index (χ3v) is 6.58. The molecule has 1 saturated heterocycles. The van der Waals surface area contributed by atoms with Crippen LogP contribution in [0.1, 0.15) is 11.1 Å². The molecule has 0 saturated carbocycles. The SMILES string of the molecule is O=C1NC(=S)N(c2ccc(Oc3ccccc3)cc2)C(=O)/C1=C/c1cc(Cl)c(OCc2ccccc2)c(Cl)c1. The van der Waals surface area contributed by atoms with Crippen LogP contribution in [-0.4, -0.2) is 16.9 Å². The minimum Gasteiger partial charge on any atom is -0.486 e. The minimum atomic E-state index is -0.623. The summed E-state index contributed by atoms with van der Waals surface area (Å²) in [6.45, 7) is 0.281. The number of anilines is 1. The number of nitrogens with one attached hydrogen (secondary N) is 1. The summed E-state index contributed by atoms with van der Waals surface area (Å²) < 4.78 is 11.6. The molecule has 194 valence electrons. The first-order valence-corrected chi connectivity index (χ1v) is 13.0. The van der Waals surface area contributed by atoms with Gasteiger partial charge in [-0.15, -0.1) is 0 Å². The second kappa shape index (κ2) is 11.7. The van der Waals surface area contributed by atoms with Crippen molar-refractivity contribution in [1.82, 2.24) is 5.32 Å². The molecule has 6 nitrogen and oxygen atoms in total. The molecule has 2 amide bonds. The van der Waals surface area contributed by atoms with E-state index in [1.807, 2.05) is 60.7 Å². The van der Waals surface area contributed by atoms with Gasteiger partial charge in [-0.25, -0.2) is 0 Å². The fraction of sp³-hybridized carbons (Fsp3) is 0.0333. The summed E-state index contributed by atoms with van der Waals surface area (Å²) in [6, 6.07) is 28.8. The van der Waals surface area contributed by atoms with Gasteiger partial charge < -0.3 is 9.47 Å². The normalized spacial score (nSPS) is 14.4. The summed E-state index contributed by atoms with van der Waals surface area (Å²) in [5, 5.41) is 3.03. The molecule has 0 aliphatic carbocycles. The zero-order valence-electron chi connectivity index (χ0n) is 20.3. The molecular formula is C30H20Cl2N2O4S. The Bertz CT molecular complexity index is 1550. The largest absolute Gasteiger partial charge is 0.486 e. The summed E-state index contributed by atoms with van der Waals surface area (Å²) in [7, 11) is 0. The molecule has 1 N–H and O–H groups in total. The number of thiocarbonyl (C=S) groups is 1. The van der Waals surface area contributed by atoms with E-state index >= 15 is 0 Å². The second-order valence-electron chi connectivity index (χ2n) is 8.45. The summed E-state index contributed by atoms with van der Waals surface area (Å²) in [4.78, 5) is 27.4. The van der Waals surface area contributed by atoms with Crippen LogP contribution < -0.4 is 19.7 Å². The number of carbonyl (C=O) groups excluding carboxylic acids is 2. The molecule has 0 unspecified atom stereocenters. The van der Waals surface area contributed by atoms with E-state index < -0.39 is 11.8 Å². The van der Waals surface area contributed by atoms with Gasteiger partial charge in [0.25, 0.3) is 11.8 Å². The Balaban J connectivity index is 1.36. The average Bonchev–Trinajstić information content (AvgIpc) is 2.92. The highest BCUT2D eigenvalue weighted by Crippen LogP contribution is 2.36. The lowest BCUT2D eigenvalue weighted by Gasteiger charge is -2.29. The van der Waals surface area contributed by atoms with Crippen LogP contribution in [0.25, 0.3) is 6.08 Å². The molecule has 1 aliphatic heterocycles. The van der Waals surface area contributed by atoms with Crippen molar-refractivity contribution in [3.63, 3.8) is 0 Å². The van der Waals surface area contributed by atoms with Gasteiger partial charge in [-0.05, 0) is 78.0 Å². The van der Waals surface area contributed by atoms with Gasteiger partial charge in [-0.1, -0.05) is 71.7 Å². The van der Waals surface area contributed by atoms with Gasteiger partial charge in [-0.3, -0.25) is 19.8 Å². The number of rotatable bonds is 7. The van der Waals surface area contributed by atoms with Gasteiger partial charge in [0.1, 0.15) is 23.7 Å². The van der Waals surface area contributed by atoms with Crippen LogP contribution in [0, 0.1) is 0 Å². The fourth-order valence-corrected chi connectivity index (χ4v) is 4.77. The molecule has 0 radical (unpaired) electrons. The summed E-state index contributed by atoms with van der Waals surface area (Å²) in [5.41, 5.74) is 1.75. The maximum atomic E-state index is 13.4. The van der Waals surface area contributed by atoms with Crippen molar-refractivity contribution in [2.45, 2.75) is 6.61 Å². The highest BCUT2D eigenvalue weighted by molar-refractivity contribution is 7.80. The molecule has 0 spiro atoms. The first-order valence-electron chi connectivity index (χ1n) is 11.8. The molecule has 1 heterocycles. The van der Waals surface area contributed by atoms with Gasteiger partial charge in [0.2, 0.25) is 0 Å². The predicted molar refractivity (Wildman–Crippen MR) is 156 cm³/mol. The van der Waals surface area contributed by atoms with Crippen LogP contribution in [0.15, 0.2) is 103 Å². The van der Waals surface area contributed by atoms with E-state index in [9.17, 15) is 9.59 Å². The minimum absolute atomic E-state index is 0.0281. The first-order chi connectivity index (χ1) is 18.9. The van der Waals surface area contributed by atoms with E-state index in [4.69, 9.17) is 44.9 Å². The Kier molecular flexibility index (Phi) is 7.93. The predicted octanol–water partition coefficient (Wildman–Crippen LogP) is 7.20. The molecule has 5 rings (SSSR count). The monoisotopic (exact) mass is 574 g/mol. The summed E-state index contributed by atoms with van der Waals surface area (Å²) >= 11 is 18.2. The number of hydrogen-bond acceptors (Lipinski definition) is 5. The van der Waals surface area contributed by atoms with Crippen molar-refractivity contribution < 1.29 is 19.1 Å². The highest BCUT2D eigenvalue weighted by Gasteiger charge is 2.34. The third-order valence-electron chi connectivity index (χ3n) is 5.73. The Hall–Kier alpha value is -4.17. The molecule has 9 heteroatoms. The van der Waals surface area contributed by atoms with Crippen molar-refractivity contribution in [1.29, 1.82) is 0 Å². The van der Waals surface area contributed by atoms with Gasteiger partial charge >= 0.3 is 0 Å². The average molecular weight is 575 g/mol. The van der Waals surface area contributed by atoms with E-state index in [0.717, 1.165) is 5.56 Å². The standard InChI is InChI=1S/C30H20Cl2N2O4S/c31-25-16-20(17-26(32)27(25)37-18-19-7-3-1-4-8-19)15-24-28(35)33-30(39)34(29(24)36)21-11-13-23(14-12-21)38-22-9-5-2-6-10-22/h1-17H,18H2,(H,33,35,39)/b24-15+. The van der Waals surface area contributed by atoms with Crippen LogP contribution in [0.5, 0.6) is 17.2 Å². The van der Waals surface area contributed by atoms with Crippen molar-refractivity contribution in [2.75, 3.05) is 4.90 Å². The fourth-order valence-electron chi connectivity index (χ4n) is 3.88. The smallest absolute Gasteiger partial charge is 0.270 e. The van der Waals surface area contributed by atoms with Gasteiger partial charge in [0, 0.05) is 0 Å². The van der Waals surface area contributed by atoms with Crippen LogP contribution >= 0.6 is 35.4 Å². The van der Waals surface area contributed by atoms with Crippen molar-refractivity contribution in [3.05, 3.63) is 124 Å². The summed E-state index contributed by atoms with van der Waals surface area (Å²) in [5.74, 6) is 0.364. The molecule has 0 aromatic heterocycles. The maximum absolute atomic E-state index is 13.4. The zero-order chi connectivity index (χ0) is 27.4. The molecule has 0 bridgehead atoms. The second-order valence-corrected chi connectivity index (χ2v) is 9.66. The molecule has 0 atom stereocenters. The number of hydrogen-bond donors (Lipinski definition) is 1. The van der Waals surface area contributed by atoms with E-state index in [1.165, 1.54) is 11.0 Å². The van der Waals surface area contributed by atoms with Gasteiger partial charge in [-0.2, -0.15) is 0 Å². The highest BCUT2D eigenvalue weighted by atomic mass is 35.5. The zero-order valence-corrected chi connectivity index (χ0v) is 22.6. The van der Waals surface area contributed by atoms with Gasteiger partial charge in [0.15, 0.2) is 10.9 Å². The molecule has 1 aliphatic rings. The Morgan fingerprint density at radius 3 is 2.05 bits per heavy atom. The lowest BCUT2D eigenvalue weighted by Crippen LogP contribution is -2.54. The number of nitrogens with zero attached hydrogens (tertiary/aromatic N) is 1. The third kappa shape index (κ3) is 6.12. The molecule has 1 fully saturated rings. The molecule has 4 aromatic carbocycles. The topological polar surface area (TPSA) is 67.9 Å². The number of para-hydroxylation sites is 1. The molecular weight excluding hydrogens is 555 g/mol. The maximum Gasteiger partial charge on any atom is 0.270 e. The molecule has 4 aromatic rings. The van der Waals surface area contributed by atoms with E-state index in [-0.39, 0.29) is 27.3 Å². The van der Waals surface area contributed by atoms with E-state index in [1.54, 1.807) is 36.4 Å². The number of benzene rings is 4. The number of amides is 2. The van der Waals surface area contributed by atoms with E-state index in [0.29, 0.717) is 28.5 Å². The van der Waals surface area contributed by atoms with Gasteiger partial charge in [0.05, 0.1) is 15.7 Å². The van der Waals surface area contributed by atoms with Crippen molar-refractivity contribution in [2.24, 2.45) is 0 Å². The quantitative estimate of drug-likeness (QED) is 0.144. The number of halogens is 2. The van der Waals surface area contributed by atoms with Crippen molar-refractivity contribution >= 4 is 64.1 Å². The van der Waals surface area contributed by atoms with Crippen LogP contribution in [0.2, 0.25) is 10.0 Å². The molecule has 39 heavy (non-hydrogen) atoms. The van der Waals surface area contributed by atoms with Crippen LogP contribution in [-0.2, 0) is 16.2 Å². The number of ether oxygens (including phenoxy) is 2. The Morgan fingerprint density at radius 1 is 0.821 bits per heavy atom. The lowest BCUT2D eigenvalue weighted by atomic mass is 10.1. The Morgan fingerprint density at radius 2 is 1.41 bits per heavy atom. The first kappa shape index (κ1) is 26.4. The summed E-state index contributed by atoms with van der Waals surface area (Å²) in [6.07, 6.45) is 1.41. The lowest BCUT2D eigenvalue weighted by molar-refractivity contribution is -0.122. The van der Waals surface area contributed by atoms with Crippen LogP contribution in [0.4, 0.5) is 5.69 Å². The van der Waals surface area contributed by atoms with Crippen molar-refractivity contribution in [3.8, 4) is 17.2 Å². The van der Waals surface area contributed by atoms with Crippen LogP contribution in [0.3, 0.4) is 0 Å².